The summed E-state index contributed by atoms with van der Waals surface area (Å²) in [5.74, 6) is -0.921. The van der Waals surface area contributed by atoms with Crippen molar-refractivity contribution in [2.75, 3.05) is 20.7 Å². The number of carbonyl (C=O) groups is 2. The number of rotatable bonds is 4. The normalized spacial score (nSPS) is 20.2. The highest BCUT2D eigenvalue weighted by Gasteiger charge is 2.50. The van der Waals surface area contributed by atoms with Crippen LogP contribution < -0.4 is 4.74 Å². The van der Waals surface area contributed by atoms with E-state index >= 15 is 0 Å². The van der Waals surface area contributed by atoms with Gasteiger partial charge in [0, 0.05) is 17.2 Å². The standard InChI is InChI=1S/C10H8FN3O2.C9H15NO2/c1-16-10-3-7(8(11)4-12-10)9-2-6(5-15)13-14-9;1-10-5-2-7(8(11)12)6-9(10)3-4-9/h2-5H,1H3,(H,13,14);7H,2-6H2,1H3,(H,11,12). The maximum absolute atomic E-state index is 13.4. The number of aromatic amines is 1. The SMILES string of the molecule is CN1CCC(C(=O)O)CC12CC2.COc1cc(-c2cc(C=O)[nH]n2)c(F)cn1. The van der Waals surface area contributed by atoms with E-state index in [-0.39, 0.29) is 23.1 Å². The molecule has 1 spiro atoms. The number of hydrogen-bond donors (Lipinski definition) is 2. The maximum atomic E-state index is 13.4. The Kier molecular flexibility index (Phi) is 5.73. The second-order valence-corrected chi connectivity index (χ2v) is 7.21. The zero-order valence-electron chi connectivity index (χ0n) is 15.8. The number of methoxy groups -OCH3 is 1. The highest BCUT2D eigenvalue weighted by molar-refractivity contribution is 5.75. The molecule has 2 N–H and O–H groups in total. The molecule has 0 amide bonds. The maximum Gasteiger partial charge on any atom is 0.306 e. The van der Waals surface area contributed by atoms with Crippen LogP contribution in [0.2, 0.25) is 0 Å². The minimum Gasteiger partial charge on any atom is -0.481 e. The second kappa shape index (κ2) is 8.05. The van der Waals surface area contributed by atoms with Gasteiger partial charge in [0.05, 0.1) is 30.6 Å². The molecule has 8 nitrogen and oxygen atoms in total. The van der Waals surface area contributed by atoms with Crippen molar-refractivity contribution in [1.29, 1.82) is 0 Å². The summed E-state index contributed by atoms with van der Waals surface area (Å²) >= 11 is 0. The van der Waals surface area contributed by atoms with E-state index in [0.29, 0.717) is 17.5 Å². The van der Waals surface area contributed by atoms with Gasteiger partial charge in [-0.05, 0) is 45.3 Å². The van der Waals surface area contributed by atoms with Crippen LogP contribution in [0.15, 0.2) is 18.3 Å². The van der Waals surface area contributed by atoms with Gasteiger partial charge in [-0.25, -0.2) is 9.37 Å². The third-order valence-corrected chi connectivity index (χ3v) is 5.47. The molecular weight excluding hydrogens is 367 g/mol. The first kappa shape index (κ1) is 19.9. The van der Waals surface area contributed by atoms with Crippen molar-refractivity contribution in [2.45, 2.75) is 31.2 Å². The lowest BCUT2D eigenvalue weighted by Crippen LogP contribution is -2.43. The lowest BCUT2D eigenvalue weighted by Gasteiger charge is -2.35. The fourth-order valence-electron chi connectivity index (χ4n) is 3.51. The van der Waals surface area contributed by atoms with Crippen LogP contribution in [0.3, 0.4) is 0 Å². The molecule has 1 aliphatic carbocycles. The second-order valence-electron chi connectivity index (χ2n) is 7.21. The summed E-state index contributed by atoms with van der Waals surface area (Å²) in [5.41, 5.74) is 1.14. The zero-order valence-corrected chi connectivity index (χ0v) is 15.8. The smallest absolute Gasteiger partial charge is 0.306 e. The summed E-state index contributed by atoms with van der Waals surface area (Å²) in [4.78, 5) is 27.3. The average molecular weight is 390 g/mol. The molecule has 3 heterocycles. The molecule has 1 atom stereocenters. The van der Waals surface area contributed by atoms with Crippen LogP contribution in [0.25, 0.3) is 11.3 Å². The number of halogens is 1. The number of H-pyrrole nitrogens is 1. The first-order valence-corrected chi connectivity index (χ1v) is 9.03. The van der Waals surface area contributed by atoms with E-state index in [1.807, 2.05) is 0 Å². The van der Waals surface area contributed by atoms with Crippen LogP contribution in [-0.4, -0.2) is 63.7 Å². The quantitative estimate of drug-likeness (QED) is 0.772. The Bertz CT molecular complexity index is 865. The van der Waals surface area contributed by atoms with Gasteiger partial charge in [-0.1, -0.05) is 0 Å². The summed E-state index contributed by atoms with van der Waals surface area (Å²) < 4.78 is 18.3. The number of nitrogens with zero attached hydrogens (tertiary/aromatic N) is 3. The van der Waals surface area contributed by atoms with Gasteiger partial charge in [0.1, 0.15) is 0 Å². The first-order chi connectivity index (χ1) is 13.4. The number of carboxylic acids is 1. The summed E-state index contributed by atoms with van der Waals surface area (Å²) in [6, 6.07) is 2.87. The van der Waals surface area contributed by atoms with Gasteiger partial charge in [-0.3, -0.25) is 14.7 Å². The minimum atomic E-state index is -0.602. The lowest BCUT2D eigenvalue weighted by atomic mass is 9.89. The Labute approximate surface area is 161 Å². The average Bonchev–Trinajstić information content (AvgIpc) is 3.30. The molecule has 0 aromatic carbocycles. The highest BCUT2D eigenvalue weighted by atomic mass is 19.1. The number of aldehydes is 1. The van der Waals surface area contributed by atoms with Crippen molar-refractivity contribution >= 4 is 12.3 Å². The van der Waals surface area contributed by atoms with E-state index in [9.17, 15) is 14.0 Å². The van der Waals surface area contributed by atoms with Gasteiger partial charge >= 0.3 is 5.97 Å². The monoisotopic (exact) mass is 390 g/mol. The summed E-state index contributed by atoms with van der Waals surface area (Å²) in [7, 11) is 3.55. The molecule has 1 unspecified atom stereocenters. The van der Waals surface area contributed by atoms with Gasteiger partial charge in [0.2, 0.25) is 5.88 Å². The van der Waals surface area contributed by atoms with Crippen LogP contribution in [-0.2, 0) is 4.79 Å². The van der Waals surface area contributed by atoms with Crippen molar-refractivity contribution in [3.8, 4) is 17.1 Å². The Morgan fingerprint density at radius 1 is 1.46 bits per heavy atom. The number of ether oxygens (including phenoxy) is 1. The van der Waals surface area contributed by atoms with Gasteiger partial charge < -0.3 is 14.7 Å². The molecule has 9 heteroatoms. The molecule has 1 saturated heterocycles. The first-order valence-electron chi connectivity index (χ1n) is 9.03. The number of nitrogens with one attached hydrogen (secondary N) is 1. The molecule has 28 heavy (non-hydrogen) atoms. The molecule has 2 fully saturated rings. The third-order valence-electron chi connectivity index (χ3n) is 5.47. The highest BCUT2D eigenvalue weighted by Crippen LogP contribution is 2.49. The van der Waals surface area contributed by atoms with E-state index in [1.54, 1.807) is 0 Å². The van der Waals surface area contributed by atoms with E-state index in [2.05, 4.69) is 27.1 Å². The summed E-state index contributed by atoms with van der Waals surface area (Å²) in [6.45, 7) is 0.955. The van der Waals surface area contributed by atoms with Crippen LogP contribution in [0.4, 0.5) is 4.39 Å². The van der Waals surface area contributed by atoms with Crippen molar-refractivity contribution < 1.29 is 23.8 Å². The Balaban J connectivity index is 0.000000167. The van der Waals surface area contributed by atoms with Crippen molar-refractivity contribution in [3.63, 3.8) is 0 Å². The van der Waals surface area contributed by atoms with Crippen LogP contribution in [0, 0.1) is 11.7 Å². The third kappa shape index (κ3) is 4.19. The molecule has 0 bridgehead atoms. The summed E-state index contributed by atoms with van der Waals surface area (Å²) in [5, 5.41) is 15.2. The fraction of sp³-hybridized carbons (Fsp3) is 0.474. The zero-order chi connectivity index (χ0) is 20.3. The van der Waals surface area contributed by atoms with Crippen LogP contribution >= 0.6 is 0 Å². The van der Waals surface area contributed by atoms with Crippen LogP contribution in [0.1, 0.15) is 36.2 Å². The van der Waals surface area contributed by atoms with E-state index in [0.717, 1.165) is 25.6 Å². The largest absolute Gasteiger partial charge is 0.481 e. The summed E-state index contributed by atoms with van der Waals surface area (Å²) in [6.07, 6.45) is 5.75. The van der Waals surface area contributed by atoms with Gasteiger partial charge in [-0.15, -0.1) is 0 Å². The Morgan fingerprint density at radius 3 is 2.79 bits per heavy atom. The predicted molar refractivity (Wildman–Crippen MR) is 98.7 cm³/mol. The van der Waals surface area contributed by atoms with E-state index in [1.165, 1.54) is 32.1 Å². The number of pyridine rings is 1. The fourth-order valence-corrected chi connectivity index (χ4v) is 3.51. The topological polar surface area (TPSA) is 108 Å². The number of likely N-dealkylation sites (tertiary alicyclic amines) is 1. The van der Waals surface area contributed by atoms with E-state index < -0.39 is 11.8 Å². The molecule has 2 aromatic heterocycles. The van der Waals surface area contributed by atoms with Gasteiger partial charge in [-0.2, -0.15) is 5.10 Å². The van der Waals surface area contributed by atoms with Gasteiger partial charge in [0.25, 0.3) is 0 Å². The Morgan fingerprint density at radius 2 is 2.21 bits per heavy atom. The number of carboxylic acid groups (broad SMARTS) is 1. The van der Waals surface area contributed by atoms with Crippen molar-refractivity contribution in [3.05, 3.63) is 29.8 Å². The molecule has 2 aromatic rings. The van der Waals surface area contributed by atoms with Gasteiger partial charge in [0.15, 0.2) is 12.1 Å². The number of aromatic nitrogens is 3. The number of piperidine rings is 1. The molecule has 4 rings (SSSR count). The predicted octanol–water partition coefficient (Wildman–Crippen LogP) is 2.38. The molecule has 1 aliphatic heterocycles. The van der Waals surface area contributed by atoms with Crippen molar-refractivity contribution in [1.82, 2.24) is 20.1 Å². The molecule has 150 valence electrons. The Hall–Kier alpha value is -2.81. The van der Waals surface area contributed by atoms with E-state index in [4.69, 9.17) is 9.84 Å². The van der Waals surface area contributed by atoms with Crippen molar-refractivity contribution in [2.24, 2.45) is 5.92 Å². The number of aliphatic carboxylic acids is 1. The molecular formula is C19H23FN4O4. The molecule has 2 aliphatic rings. The number of hydrogen-bond acceptors (Lipinski definition) is 6. The molecule has 0 radical (unpaired) electrons. The minimum absolute atomic E-state index is 0.0799. The van der Waals surface area contributed by atoms with Crippen LogP contribution in [0.5, 0.6) is 5.88 Å². The molecule has 1 saturated carbocycles. The lowest BCUT2D eigenvalue weighted by molar-refractivity contribution is -0.144. The number of carbonyl (C=O) groups excluding carboxylic acids is 1.